The fraction of sp³-hybridized carbons (Fsp3) is 0.462. The van der Waals surface area contributed by atoms with E-state index in [1.54, 1.807) is 30.3 Å². The monoisotopic (exact) mass is 283 g/mol. The van der Waals surface area contributed by atoms with Crippen molar-refractivity contribution in [3.8, 4) is 0 Å². The molecule has 0 aromatic heterocycles. The number of rotatable bonds is 7. The van der Waals surface area contributed by atoms with E-state index in [1.807, 2.05) is 0 Å². The third-order valence-corrected chi connectivity index (χ3v) is 4.68. The fourth-order valence-electron chi connectivity index (χ4n) is 1.90. The number of carboxylic acids is 1. The molecule has 104 valence electrons. The molecule has 0 aliphatic heterocycles. The lowest BCUT2D eigenvalue weighted by atomic mass is 10.00. The zero-order valence-corrected chi connectivity index (χ0v) is 11.3. The molecule has 0 heterocycles. The number of hydrogen-bond acceptors (Lipinski definition) is 3. The topological polar surface area (TPSA) is 83.5 Å². The molecule has 1 aromatic carbocycles. The maximum absolute atomic E-state index is 11.7. The summed E-state index contributed by atoms with van der Waals surface area (Å²) < 4.78 is 25.9. The summed E-state index contributed by atoms with van der Waals surface area (Å²) in [7, 11) is -3.37. The predicted molar refractivity (Wildman–Crippen MR) is 71.3 cm³/mol. The zero-order chi connectivity index (χ0) is 13.9. The second-order valence-electron chi connectivity index (χ2n) is 4.87. The zero-order valence-electron chi connectivity index (χ0n) is 10.5. The van der Waals surface area contributed by atoms with Crippen LogP contribution in [0.25, 0.3) is 0 Å². The third-order valence-electron chi connectivity index (χ3n) is 3.16. The van der Waals surface area contributed by atoms with Crippen LogP contribution in [0.5, 0.6) is 0 Å². The van der Waals surface area contributed by atoms with Gasteiger partial charge in [-0.05, 0) is 24.3 Å². The van der Waals surface area contributed by atoms with Crippen LogP contribution in [0, 0.1) is 5.92 Å². The first-order valence-corrected chi connectivity index (χ1v) is 7.88. The first-order valence-electron chi connectivity index (χ1n) is 6.23. The van der Waals surface area contributed by atoms with Crippen molar-refractivity contribution in [1.82, 2.24) is 4.72 Å². The number of aliphatic carboxylic acids is 1. The van der Waals surface area contributed by atoms with Crippen molar-refractivity contribution in [2.24, 2.45) is 5.92 Å². The van der Waals surface area contributed by atoms with Crippen molar-refractivity contribution in [3.05, 3.63) is 35.9 Å². The highest BCUT2D eigenvalue weighted by Crippen LogP contribution is 2.30. The lowest BCUT2D eigenvalue weighted by Crippen LogP contribution is -2.33. The molecule has 0 amide bonds. The van der Waals surface area contributed by atoms with Crippen molar-refractivity contribution in [2.45, 2.75) is 18.8 Å². The lowest BCUT2D eigenvalue weighted by molar-refractivity contribution is -0.138. The summed E-state index contributed by atoms with van der Waals surface area (Å²) in [5, 5.41) is 9.18. The molecule has 1 aliphatic carbocycles. The molecule has 2 rings (SSSR count). The second kappa shape index (κ2) is 5.71. The Morgan fingerprint density at radius 2 is 1.95 bits per heavy atom. The minimum absolute atomic E-state index is 0.103. The second-order valence-corrected chi connectivity index (χ2v) is 6.73. The van der Waals surface area contributed by atoms with Crippen LogP contribution in [0.2, 0.25) is 0 Å². The summed E-state index contributed by atoms with van der Waals surface area (Å²) in [4.78, 5) is 11.2. The Kier molecular flexibility index (Phi) is 4.21. The predicted octanol–water partition coefficient (Wildman–Crippen LogP) is 1.18. The van der Waals surface area contributed by atoms with Gasteiger partial charge in [-0.25, -0.2) is 13.1 Å². The van der Waals surface area contributed by atoms with Gasteiger partial charge in [0.05, 0.1) is 11.7 Å². The van der Waals surface area contributed by atoms with E-state index in [-0.39, 0.29) is 18.2 Å². The van der Waals surface area contributed by atoms with Crippen molar-refractivity contribution < 1.29 is 18.3 Å². The van der Waals surface area contributed by atoms with Gasteiger partial charge in [-0.2, -0.15) is 0 Å². The largest absolute Gasteiger partial charge is 0.481 e. The van der Waals surface area contributed by atoms with Crippen LogP contribution < -0.4 is 4.72 Å². The van der Waals surface area contributed by atoms with Crippen LogP contribution >= 0.6 is 0 Å². The normalized spacial score (nSPS) is 17.1. The number of benzene rings is 1. The summed E-state index contributed by atoms with van der Waals surface area (Å²) in [5.41, 5.74) is 0.601. The molecule has 1 saturated carbocycles. The standard InChI is InChI=1S/C13H17NO4S/c15-13(16)12(11-4-2-1-3-5-11)8-14-19(17,18)9-10-6-7-10/h1-5,10,12,14H,6-9H2,(H,15,16). The third kappa shape index (κ3) is 4.33. The summed E-state index contributed by atoms with van der Waals surface area (Å²) in [6.45, 7) is -0.103. The summed E-state index contributed by atoms with van der Waals surface area (Å²) in [6.07, 6.45) is 1.89. The van der Waals surface area contributed by atoms with Crippen LogP contribution in [-0.2, 0) is 14.8 Å². The number of sulfonamides is 1. The number of nitrogens with one attached hydrogen (secondary N) is 1. The van der Waals surface area contributed by atoms with Gasteiger partial charge in [0.25, 0.3) is 0 Å². The molecular weight excluding hydrogens is 266 g/mol. The molecular formula is C13H17NO4S. The highest BCUT2D eigenvalue weighted by Gasteiger charge is 2.29. The molecule has 1 aromatic rings. The number of carboxylic acid groups (broad SMARTS) is 1. The van der Waals surface area contributed by atoms with Gasteiger partial charge in [0.2, 0.25) is 10.0 Å². The van der Waals surface area contributed by atoms with E-state index in [2.05, 4.69) is 4.72 Å². The van der Waals surface area contributed by atoms with Crippen LogP contribution in [0.15, 0.2) is 30.3 Å². The van der Waals surface area contributed by atoms with Crippen LogP contribution in [0.4, 0.5) is 0 Å². The lowest BCUT2D eigenvalue weighted by Gasteiger charge is -2.13. The minimum atomic E-state index is -3.37. The Balaban J connectivity index is 1.99. The van der Waals surface area contributed by atoms with E-state index in [0.717, 1.165) is 12.8 Å². The Hall–Kier alpha value is -1.40. The number of carbonyl (C=O) groups is 1. The van der Waals surface area contributed by atoms with E-state index in [4.69, 9.17) is 0 Å². The van der Waals surface area contributed by atoms with Crippen molar-refractivity contribution in [2.75, 3.05) is 12.3 Å². The highest BCUT2D eigenvalue weighted by molar-refractivity contribution is 7.89. The van der Waals surface area contributed by atoms with Gasteiger partial charge in [-0.15, -0.1) is 0 Å². The molecule has 1 atom stereocenters. The maximum atomic E-state index is 11.7. The molecule has 1 aliphatic rings. The van der Waals surface area contributed by atoms with Crippen LogP contribution in [0.3, 0.4) is 0 Å². The Labute approximate surface area is 112 Å². The SMILES string of the molecule is O=C(O)C(CNS(=O)(=O)CC1CC1)c1ccccc1. The molecule has 6 heteroatoms. The Morgan fingerprint density at radius 3 is 2.47 bits per heavy atom. The minimum Gasteiger partial charge on any atom is -0.481 e. The summed E-state index contributed by atoms with van der Waals surface area (Å²) in [5.74, 6) is -1.53. The average molecular weight is 283 g/mol. The van der Waals surface area contributed by atoms with Crippen molar-refractivity contribution in [1.29, 1.82) is 0 Å². The van der Waals surface area contributed by atoms with E-state index in [9.17, 15) is 18.3 Å². The van der Waals surface area contributed by atoms with E-state index >= 15 is 0 Å². The van der Waals surface area contributed by atoms with E-state index in [0.29, 0.717) is 5.56 Å². The average Bonchev–Trinajstić information content (AvgIpc) is 3.13. The molecule has 0 radical (unpaired) electrons. The van der Waals surface area contributed by atoms with Gasteiger partial charge in [0.1, 0.15) is 0 Å². The molecule has 0 spiro atoms. The molecule has 5 nitrogen and oxygen atoms in total. The van der Waals surface area contributed by atoms with Crippen LogP contribution in [-0.4, -0.2) is 31.8 Å². The Morgan fingerprint density at radius 1 is 1.32 bits per heavy atom. The summed E-state index contributed by atoms with van der Waals surface area (Å²) >= 11 is 0. The number of hydrogen-bond donors (Lipinski definition) is 2. The summed E-state index contributed by atoms with van der Waals surface area (Å²) in [6, 6.07) is 8.65. The highest BCUT2D eigenvalue weighted by atomic mass is 32.2. The van der Waals surface area contributed by atoms with Gasteiger partial charge >= 0.3 is 5.97 Å². The van der Waals surface area contributed by atoms with E-state index < -0.39 is 21.9 Å². The van der Waals surface area contributed by atoms with Gasteiger partial charge in [0, 0.05) is 6.54 Å². The van der Waals surface area contributed by atoms with Crippen molar-refractivity contribution in [3.63, 3.8) is 0 Å². The molecule has 1 unspecified atom stereocenters. The quantitative estimate of drug-likeness (QED) is 0.787. The van der Waals surface area contributed by atoms with Gasteiger partial charge in [0.15, 0.2) is 0 Å². The molecule has 0 bridgehead atoms. The fourth-order valence-corrected chi connectivity index (χ4v) is 3.39. The maximum Gasteiger partial charge on any atom is 0.312 e. The molecule has 19 heavy (non-hydrogen) atoms. The first-order chi connectivity index (χ1) is 8.98. The van der Waals surface area contributed by atoms with Crippen LogP contribution in [0.1, 0.15) is 24.3 Å². The van der Waals surface area contributed by atoms with Gasteiger partial charge in [-0.3, -0.25) is 4.79 Å². The molecule has 0 saturated heterocycles. The molecule has 2 N–H and O–H groups in total. The molecule has 1 fully saturated rings. The Bertz CT molecular complexity index is 537. The van der Waals surface area contributed by atoms with E-state index in [1.165, 1.54) is 0 Å². The first kappa shape index (κ1) is 14.0. The van der Waals surface area contributed by atoms with Crippen molar-refractivity contribution >= 4 is 16.0 Å². The van der Waals surface area contributed by atoms with Gasteiger partial charge in [-0.1, -0.05) is 30.3 Å². The smallest absolute Gasteiger partial charge is 0.312 e. The van der Waals surface area contributed by atoms with Gasteiger partial charge < -0.3 is 5.11 Å².